The van der Waals surface area contributed by atoms with Crippen molar-refractivity contribution in [1.29, 1.82) is 0 Å². The third-order valence-electron chi connectivity index (χ3n) is 11.7. The van der Waals surface area contributed by atoms with Crippen molar-refractivity contribution in [2.75, 3.05) is 47.5 Å². The third kappa shape index (κ3) is 49.8. The number of rotatable bonds is 49. The van der Waals surface area contributed by atoms with E-state index in [1.54, 1.807) is 0 Å². The molecule has 0 aromatic carbocycles. The van der Waals surface area contributed by atoms with E-state index in [9.17, 15) is 19.0 Å². The maximum absolute atomic E-state index is 12.7. The number of likely N-dealkylation sites (N-methyl/N-ethyl adjacent to an activating group) is 1. The van der Waals surface area contributed by atoms with Gasteiger partial charge in [-0.15, -0.1) is 0 Å². The Morgan fingerprint density at radius 2 is 0.841 bits per heavy atom. The van der Waals surface area contributed by atoms with Crippen LogP contribution in [0.3, 0.4) is 0 Å². The first kappa shape index (κ1) is 61.5. The molecule has 0 N–H and O–H groups in total. The predicted octanol–water partition coefficient (Wildman–Crippen LogP) is 15.2. The maximum atomic E-state index is 12.7. The minimum absolute atomic E-state index is 0.0301. The Kier molecular flexibility index (Phi) is 44.5. The Hall–Kier alpha value is -1.51. The van der Waals surface area contributed by atoms with Gasteiger partial charge in [0.1, 0.15) is 19.8 Å². The SMILES string of the molecule is CCC/C=C\CCCCCCCC(=O)OCC(COP(=O)([O-])OCC[N+](C)(C)C)OC(=O)CCCCCCCCCCCCCCCCCCC/C=C\CCCCCCCCCC. The average molecular weight is 912 g/mol. The molecule has 372 valence electrons. The number of hydrogen-bond acceptors (Lipinski definition) is 8. The summed E-state index contributed by atoms with van der Waals surface area (Å²) < 4.78 is 34.0. The summed E-state index contributed by atoms with van der Waals surface area (Å²) in [5.41, 5.74) is 0. The number of esters is 2. The molecule has 2 atom stereocenters. The van der Waals surface area contributed by atoms with Crippen molar-refractivity contribution in [1.82, 2.24) is 0 Å². The molecule has 0 spiro atoms. The van der Waals surface area contributed by atoms with Crippen LogP contribution in [0.2, 0.25) is 0 Å². The van der Waals surface area contributed by atoms with Gasteiger partial charge >= 0.3 is 11.9 Å². The zero-order chi connectivity index (χ0) is 46.4. The van der Waals surface area contributed by atoms with Gasteiger partial charge in [-0.1, -0.05) is 205 Å². The predicted molar refractivity (Wildman–Crippen MR) is 264 cm³/mol. The van der Waals surface area contributed by atoms with Gasteiger partial charge in [0.2, 0.25) is 0 Å². The summed E-state index contributed by atoms with van der Waals surface area (Å²) in [4.78, 5) is 37.6. The highest BCUT2D eigenvalue weighted by Crippen LogP contribution is 2.38. The summed E-state index contributed by atoms with van der Waals surface area (Å²) in [5.74, 6) is -0.837. The van der Waals surface area contributed by atoms with Crippen LogP contribution in [-0.2, 0) is 32.7 Å². The van der Waals surface area contributed by atoms with Gasteiger partial charge in [-0.25, -0.2) is 0 Å². The van der Waals surface area contributed by atoms with Crippen LogP contribution in [0.15, 0.2) is 24.3 Å². The van der Waals surface area contributed by atoms with Crippen molar-refractivity contribution in [2.24, 2.45) is 0 Å². The Bertz CT molecular complexity index is 1120. The lowest BCUT2D eigenvalue weighted by molar-refractivity contribution is -0.870. The van der Waals surface area contributed by atoms with Gasteiger partial charge in [-0.05, 0) is 57.8 Å². The maximum Gasteiger partial charge on any atom is 0.306 e. The minimum atomic E-state index is -4.62. The fourth-order valence-corrected chi connectivity index (χ4v) is 8.27. The Balaban J connectivity index is 4.01. The number of unbranched alkanes of at least 4 members (excludes halogenated alkanes) is 31. The van der Waals surface area contributed by atoms with Crippen molar-refractivity contribution in [3.8, 4) is 0 Å². The van der Waals surface area contributed by atoms with Gasteiger partial charge in [-0.2, -0.15) is 0 Å². The van der Waals surface area contributed by atoms with Crippen LogP contribution >= 0.6 is 7.82 Å². The summed E-state index contributed by atoms with van der Waals surface area (Å²) in [6, 6.07) is 0. The van der Waals surface area contributed by atoms with E-state index in [1.165, 1.54) is 161 Å². The summed E-state index contributed by atoms with van der Waals surface area (Å²) in [5, 5.41) is 0. The molecule has 0 saturated heterocycles. The van der Waals surface area contributed by atoms with Crippen LogP contribution in [-0.4, -0.2) is 70.0 Å². The summed E-state index contributed by atoms with van der Waals surface area (Å²) in [7, 11) is 1.17. The molecule has 0 aromatic heterocycles. The minimum Gasteiger partial charge on any atom is -0.756 e. The van der Waals surface area contributed by atoms with Crippen molar-refractivity contribution >= 4 is 19.8 Å². The molecule has 0 radical (unpaired) electrons. The van der Waals surface area contributed by atoms with Gasteiger partial charge in [0.05, 0.1) is 27.7 Å². The van der Waals surface area contributed by atoms with Crippen molar-refractivity contribution in [2.45, 2.75) is 258 Å². The fourth-order valence-electron chi connectivity index (χ4n) is 7.54. The topological polar surface area (TPSA) is 111 Å². The van der Waals surface area contributed by atoms with E-state index in [0.29, 0.717) is 17.4 Å². The Labute approximate surface area is 389 Å². The van der Waals surface area contributed by atoms with E-state index < -0.39 is 32.5 Å². The monoisotopic (exact) mass is 912 g/mol. The highest BCUT2D eigenvalue weighted by atomic mass is 31.2. The second kappa shape index (κ2) is 45.6. The van der Waals surface area contributed by atoms with Crippen LogP contribution in [0.4, 0.5) is 0 Å². The number of phosphoric ester groups is 1. The van der Waals surface area contributed by atoms with Crippen LogP contribution in [0.25, 0.3) is 0 Å². The number of allylic oxidation sites excluding steroid dienone is 4. The first-order valence-electron chi connectivity index (χ1n) is 26.5. The first-order chi connectivity index (χ1) is 30.5. The van der Waals surface area contributed by atoms with Crippen LogP contribution < -0.4 is 4.89 Å². The van der Waals surface area contributed by atoms with Gasteiger partial charge in [-0.3, -0.25) is 14.2 Å². The van der Waals surface area contributed by atoms with Crippen LogP contribution in [0.1, 0.15) is 251 Å². The van der Waals surface area contributed by atoms with Gasteiger partial charge in [0.15, 0.2) is 6.10 Å². The summed E-state index contributed by atoms with van der Waals surface area (Å²) >= 11 is 0. The van der Waals surface area contributed by atoms with Crippen molar-refractivity contribution in [3.05, 3.63) is 24.3 Å². The van der Waals surface area contributed by atoms with Gasteiger partial charge in [0, 0.05) is 12.8 Å². The van der Waals surface area contributed by atoms with E-state index in [0.717, 1.165) is 57.8 Å². The number of carbonyl (C=O) groups excluding carboxylic acids is 2. The zero-order valence-corrected chi connectivity index (χ0v) is 42.9. The van der Waals surface area contributed by atoms with Crippen LogP contribution in [0.5, 0.6) is 0 Å². The van der Waals surface area contributed by atoms with Crippen molar-refractivity contribution < 1.29 is 42.1 Å². The van der Waals surface area contributed by atoms with E-state index in [1.807, 2.05) is 21.1 Å². The molecule has 0 bridgehead atoms. The number of phosphoric acid groups is 1. The smallest absolute Gasteiger partial charge is 0.306 e. The van der Waals surface area contributed by atoms with E-state index in [4.69, 9.17) is 18.5 Å². The van der Waals surface area contributed by atoms with E-state index in [-0.39, 0.29) is 26.1 Å². The molecule has 0 heterocycles. The van der Waals surface area contributed by atoms with Crippen molar-refractivity contribution in [3.63, 3.8) is 0 Å². The highest BCUT2D eigenvalue weighted by molar-refractivity contribution is 7.45. The average Bonchev–Trinajstić information content (AvgIpc) is 3.24. The summed E-state index contributed by atoms with van der Waals surface area (Å²) in [6.45, 7) is 4.18. The lowest BCUT2D eigenvalue weighted by atomic mass is 10.0. The van der Waals surface area contributed by atoms with E-state index in [2.05, 4.69) is 38.2 Å². The molecule has 63 heavy (non-hydrogen) atoms. The highest BCUT2D eigenvalue weighted by Gasteiger charge is 2.21. The standard InChI is InChI=1S/C53H102NO8P/c1-6-8-10-12-14-16-18-19-20-21-22-23-24-25-26-27-28-29-30-31-32-33-34-35-36-38-40-42-44-46-53(56)62-51(50-61-63(57,58)60-48-47-54(3,4)5)49-59-52(55)45-43-41-39-37-17-15-13-11-9-7-2/h11,13,21-22,51H,6-10,12,14-20,23-50H2,1-5H3/b13-11-,22-21-. The molecule has 0 amide bonds. The lowest BCUT2D eigenvalue weighted by Crippen LogP contribution is -2.37. The van der Waals surface area contributed by atoms with E-state index >= 15 is 0 Å². The molecule has 0 fully saturated rings. The summed E-state index contributed by atoms with van der Waals surface area (Å²) in [6.07, 6.45) is 52.4. The second-order valence-electron chi connectivity index (χ2n) is 19.2. The molecule has 0 aliphatic rings. The molecule has 0 aromatic rings. The molecule has 0 aliphatic carbocycles. The molecule has 0 rings (SSSR count). The molecule has 0 aliphatic heterocycles. The number of carbonyl (C=O) groups is 2. The number of quaternary nitrogens is 1. The molecule has 0 saturated carbocycles. The quantitative estimate of drug-likeness (QED) is 0.0195. The van der Waals surface area contributed by atoms with Gasteiger partial charge in [0.25, 0.3) is 7.82 Å². The zero-order valence-electron chi connectivity index (χ0n) is 42.0. The molecule has 9 nitrogen and oxygen atoms in total. The molecular weight excluding hydrogens is 810 g/mol. The molecular formula is C53H102NO8P. The second-order valence-corrected chi connectivity index (χ2v) is 20.6. The Morgan fingerprint density at radius 3 is 1.24 bits per heavy atom. The number of ether oxygens (including phenoxy) is 2. The fraction of sp³-hybridized carbons (Fsp3) is 0.887. The number of hydrogen-bond donors (Lipinski definition) is 0. The lowest BCUT2D eigenvalue weighted by Gasteiger charge is -2.28. The molecule has 10 heteroatoms. The number of nitrogens with zero attached hydrogens (tertiary/aromatic N) is 1. The normalized spacial score (nSPS) is 13.6. The Morgan fingerprint density at radius 1 is 0.476 bits per heavy atom. The van der Waals surface area contributed by atoms with Gasteiger partial charge < -0.3 is 27.9 Å². The third-order valence-corrected chi connectivity index (χ3v) is 12.6. The van der Waals surface area contributed by atoms with Crippen LogP contribution in [0, 0.1) is 0 Å². The largest absolute Gasteiger partial charge is 0.756 e. The first-order valence-corrected chi connectivity index (χ1v) is 28.0. The molecule has 2 unspecified atom stereocenters.